The lowest BCUT2D eigenvalue weighted by Crippen LogP contribution is -2.56. The standard InChI is InChI=1S/C18H30N4O9S/c1-9(15(27)22-12(18(30)31)4-6-14(25)26)20-17(29)11(3-5-13(23)24)21-16(28)10(19)7-8-32-2/h9-12H,3-8,19H2,1-2H3,(H,20,29)(H,21,28)(H,22,27)(H,23,24)(H,25,26)(H,30,31). The molecule has 32 heavy (non-hydrogen) atoms. The van der Waals surface area contributed by atoms with Crippen molar-refractivity contribution >= 4 is 47.4 Å². The first kappa shape index (κ1) is 29.1. The first-order chi connectivity index (χ1) is 14.9. The fraction of sp³-hybridized carbons (Fsp3) is 0.667. The van der Waals surface area contributed by atoms with Crippen molar-refractivity contribution in [3.8, 4) is 0 Å². The predicted octanol–water partition coefficient (Wildman–Crippen LogP) is -1.64. The lowest BCUT2D eigenvalue weighted by molar-refractivity contribution is -0.143. The molecular weight excluding hydrogens is 448 g/mol. The molecule has 0 heterocycles. The van der Waals surface area contributed by atoms with Crippen LogP contribution in [0.2, 0.25) is 0 Å². The number of hydrogen-bond acceptors (Lipinski definition) is 8. The SMILES string of the molecule is CSCCC(N)C(=O)NC(CCC(=O)O)C(=O)NC(C)C(=O)NC(CCC(=O)O)C(=O)O. The molecule has 8 N–H and O–H groups in total. The van der Waals surface area contributed by atoms with E-state index in [1.165, 1.54) is 18.7 Å². The molecule has 0 saturated carbocycles. The van der Waals surface area contributed by atoms with E-state index in [4.69, 9.17) is 21.1 Å². The van der Waals surface area contributed by atoms with Crippen LogP contribution in [0.5, 0.6) is 0 Å². The molecule has 0 saturated heterocycles. The zero-order valence-corrected chi connectivity index (χ0v) is 18.6. The van der Waals surface area contributed by atoms with Crippen LogP contribution in [0.25, 0.3) is 0 Å². The minimum absolute atomic E-state index is 0.257. The monoisotopic (exact) mass is 478 g/mol. The van der Waals surface area contributed by atoms with E-state index in [9.17, 15) is 28.8 Å². The van der Waals surface area contributed by atoms with Gasteiger partial charge in [-0.05, 0) is 38.2 Å². The highest BCUT2D eigenvalue weighted by molar-refractivity contribution is 7.98. The van der Waals surface area contributed by atoms with Crippen molar-refractivity contribution in [3.63, 3.8) is 0 Å². The van der Waals surface area contributed by atoms with E-state index >= 15 is 0 Å². The molecule has 0 fully saturated rings. The Morgan fingerprint density at radius 3 is 1.75 bits per heavy atom. The minimum atomic E-state index is -1.48. The third-order valence-corrected chi connectivity index (χ3v) is 4.91. The molecule has 0 aliphatic heterocycles. The second-order valence-corrected chi connectivity index (χ2v) is 7.93. The number of carbonyl (C=O) groups is 6. The van der Waals surface area contributed by atoms with Crippen LogP contribution in [0.15, 0.2) is 0 Å². The zero-order valence-electron chi connectivity index (χ0n) is 17.8. The van der Waals surface area contributed by atoms with Crippen LogP contribution in [-0.4, -0.2) is 87.1 Å². The summed E-state index contributed by atoms with van der Waals surface area (Å²) in [6.45, 7) is 1.25. The van der Waals surface area contributed by atoms with Crippen molar-refractivity contribution in [1.82, 2.24) is 16.0 Å². The number of amides is 3. The smallest absolute Gasteiger partial charge is 0.326 e. The van der Waals surface area contributed by atoms with Crippen molar-refractivity contribution in [3.05, 3.63) is 0 Å². The van der Waals surface area contributed by atoms with E-state index in [0.717, 1.165) is 0 Å². The first-order valence-electron chi connectivity index (χ1n) is 9.71. The Kier molecular flexibility index (Phi) is 13.7. The van der Waals surface area contributed by atoms with Gasteiger partial charge in [0.2, 0.25) is 17.7 Å². The van der Waals surface area contributed by atoms with Crippen LogP contribution >= 0.6 is 11.8 Å². The summed E-state index contributed by atoms with van der Waals surface area (Å²) in [7, 11) is 0. The van der Waals surface area contributed by atoms with Gasteiger partial charge in [-0.3, -0.25) is 24.0 Å². The fourth-order valence-electron chi connectivity index (χ4n) is 2.39. The Bertz CT molecular complexity index is 704. The van der Waals surface area contributed by atoms with Gasteiger partial charge in [-0.15, -0.1) is 0 Å². The number of thioether (sulfide) groups is 1. The molecule has 0 bridgehead atoms. The average molecular weight is 479 g/mol. The molecule has 0 radical (unpaired) electrons. The number of carboxylic acid groups (broad SMARTS) is 3. The maximum atomic E-state index is 12.5. The molecule has 182 valence electrons. The Balaban J connectivity index is 5.08. The topological polar surface area (TPSA) is 225 Å². The van der Waals surface area contributed by atoms with Gasteiger partial charge >= 0.3 is 17.9 Å². The number of rotatable bonds is 16. The molecule has 0 aromatic carbocycles. The minimum Gasteiger partial charge on any atom is -0.481 e. The molecular formula is C18H30N4O9S. The molecule has 0 aromatic rings. The highest BCUT2D eigenvalue weighted by Crippen LogP contribution is 2.04. The van der Waals surface area contributed by atoms with Gasteiger partial charge in [0.25, 0.3) is 0 Å². The van der Waals surface area contributed by atoms with Crippen LogP contribution in [0.4, 0.5) is 0 Å². The van der Waals surface area contributed by atoms with Crippen molar-refractivity contribution in [2.75, 3.05) is 12.0 Å². The van der Waals surface area contributed by atoms with Crippen molar-refractivity contribution in [2.24, 2.45) is 5.73 Å². The summed E-state index contributed by atoms with van der Waals surface area (Å²) in [5.74, 6) is -5.67. The van der Waals surface area contributed by atoms with Crippen molar-refractivity contribution < 1.29 is 44.1 Å². The van der Waals surface area contributed by atoms with E-state index in [1.54, 1.807) is 0 Å². The Morgan fingerprint density at radius 2 is 1.28 bits per heavy atom. The summed E-state index contributed by atoms with van der Waals surface area (Å²) in [5, 5.41) is 33.5. The number of aliphatic carboxylic acids is 3. The normalized spacial score (nSPS) is 14.3. The Morgan fingerprint density at radius 1 is 0.781 bits per heavy atom. The zero-order chi connectivity index (χ0) is 24.8. The van der Waals surface area contributed by atoms with E-state index < -0.39 is 72.6 Å². The van der Waals surface area contributed by atoms with Gasteiger partial charge in [0, 0.05) is 12.8 Å². The van der Waals surface area contributed by atoms with Crippen molar-refractivity contribution in [2.45, 2.75) is 63.2 Å². The summed E-state index contributed by atoms with van der Waals surface area (Å²) >= 11 is 1.47. The van der Waals surface area contributed by atoms with Gasteiger partial charge in [0.05, 0.1) is 6.04 Å². The van der Waals surface area contributed by atoms with Gasteiger partial charge in [0.1, 0.15) is 18.1 Å². The number of carbonyl (C=O) groups excluding carboxylic acids is 3. The number of nitrogens with two attached hydrogens (primary N) is 1. The second kappa shape index (κ2) is 15.0. The Labute approximate surface area is 188 Å². The Hall–Kier alpha value is -2.87. The van der Waals surface area contributed by atoms with E-state index in [1.807, 2.05) is 6.26 Å². The van der Waals surface area contributed by atoms with Crippen LogP contribution in [0.3, 0.4) is 0 Å². The lowest BCUT2D eigenvalue weighted by atomic mass is 10.1. The summed E-state index contributed by atoms with van der Waals surface area (Å²) in [6, 6.07) is -4.91. The molecule has 13 nitrogen and oxygen atoms in total. The fourth-order valence-corrected chi connectivity index (χ4v) is 2.88. The number of hydrogen-bond donors (Lipinski definition) is 7. The van der Waals surface area contributed by atoms with Gasteiger partial charge < -0.3 is 37.0 Å². The predicted molar refractivity (Wildman–Crippen MR) is 114 cm³/mol. The molecule has 0 aliphatic rings. The highest BCUT2D eigenvalue weighted by atomic mass is 32.2. The summed E-state index contributed by atoms with van der Waals surface area (Å²) in [5.41, 5.74) is 5.76. The molecule has 4 atom stereocenters. The van der Waals surface area contributed by atoms with Gasteiger partial charge in [0.15, 0.2) is 0 Å². The summed E-state index contributed by atoms with van der Waals surface area (Å²) in [6.07, 6.45) is 0.630. The lowest BCUT2D eigenvalue weighted by Gasteiger charge is -2.23. The van der Waals surface area contributed by atoms with Crippen LogP contribution < -0.4 is 21.7 Å². The van der Waals surface area contributed by atoms with Crippen LogP contribution in [0, 0.1) is 0 Å². The van der Waals surface area contributed by atoms with E-state index in [2.05, 4.69) is 16.0 Å². The van der Waals surface area contributed by atoms with Gasteiger partial charge in [-0.25, -0.2) is 4.79 Å². The van der Waals surface area contributed by atoms with Gasteiger partial charge in [-0.2, -0.15) is 11.8 Å². The molecule has 0 rings (SSSR count). The molecule has 0 spiro atoms. The molecule has 14 heteroatoms. The first-order valence-corrected chi connectivity index (χ1v) is 11.1. The van der Waals surface area contributed by atoms with Gasteiger partial charge in [-0.1, -0.05) is 0 Å². The largest absolute Gasteiger partial charge is 0.481 e. The molecule has 0 aromatic heterocycles. The highest BCUT2D eigenvalue weighted by Gasteiger charge is 2.28. The number of nitrogens with one attached hydrogen (secondary N) is 3. The third-order valence-electron chi connectivity index (χ3n) is 4.26. The third kappa shape index (κ3) is 12.1. The second-order valence-electron chi connectivity index (χ2n) is 6.94. The molecule has 4 unspecified atom stereocenters. The van der Waals surface area contributed by atoms with Crippen LogP contribution in [-0.2, 0) is 28.8 Å². The molecule has 0 aliphatic carbocycles. The summed E-state index contributed by atoms with van der Waals surface area (Å²) < 4.78 is 0. The molecule has 3 amide bonds. The van der Waals surface area contributed by atoms with E-state index in [-0.39, 0.29) is 12.8 Å². The van der Waals surface area contributed by atoms with E-state index in [0.29, 0.717) is 12.2 Å². The number of carboxylic acids is 3. The quantitative estimate of drug-likeness (QED) is 0.133. The van der Waals surface area contributed by atoms with Crippen LogP contribution in [0.1, 0.15) is 39.0 Å². The maximum Gasteiger partial charge on any atom is 0.326 e. The average Bonchev–Trinajstić information content (AvgIpc) is 2.70. The maximum absolute atomic E-state index is 12.5. The summed E-state index contributed by atoms with van der Waals surface area (Å²) in [4.78, 5) is 69.7. The van der Waals surface area contributed by atoms with Crippen molar-refractivity contribution in [1.29, 1.82) is 0 Å².